The van der Waals surface area contributed by atoms with E-state index in [0.29, 0.717) is 18.7 Å². The number of rotatable bonds is 13. The van der Waals surface area contributed by atoms with Crippen LogP contribution in [0.3, 0.4) is 0 Å². The van der Waals surface area contributed by atoms with Gasteiger partial charge in [0.2, 0.25) is 0 Å². The molecule has 0 N–H and O–H groups in total. The highest BCUT2D eigenvalue weighted by atomic mass is 16.5. The second kappa shape index (κ2) is 12.9. The van der Waals surface area contributed by atoms with Gasteiger partial charge in [-0.25, -0.2) is 4.79 Å². The molecule has 0 radical (unpaired) electrons. The van der Waals surface area contributed by atoms with Crippen molar-refractivity contribution in [1.82, 2.24) is 4.90 Å². The highest BCUT2D eigenvalue weighted by molar-refractivity contribution is 5.88. The molecule has 0 atom stereocenters. The molecule has 0 amide bonds. The van der Waals surface area contributed by atoms with Gasteiger partial charge in [-0.2, -0.15) is 0 Å². The van der Waals surface area contributed by atoms with Gasteiger partial charge in [0.05, 0.1) is 6.61 Å². The zero-order valence-corrected chi connectivity index (χ0v) is 19.5. The summed E-state index contributed by atoms with van der Waals surface area (Å²) >= 11 is 0. The van der Waals surface area contributed by atoms with E-state index < -0.39 is 0 Å². The lowest BCUT2D eigenvalue weighted by molar-refractivity contribution is -0.139. The normalized spacial score (nSPS) is 10.8. The molecule has 0 fully saturated rings. The van der Waals surface area contributed by atoms with Crippen molar-refractivity contribution in [2.75, 3.05) is 26.2 Å². The number of benzene rings is 2. The van der Waals surface area contributed by atoms with E-state index >= 15 is 0 Å². The van der Waals surface area contributed by atoms with Gasteiger partial charge in [0.1, 0.15) is 0 Å². The fourth-order valence-electron chi connectivity index (χ4n) is 3.65. The first-order valence-electron chi connectivity index (χ1n) is 11.3. The molecule has 0 saturated heterocycles. The Hall–Kier alpha value is -2.65. The molecular weight excluding hydrogens is 382 g/mol. The third-order valence-corrected chi connectivity index (χ3v) is 5.63. The minimum absolute atomic E-state index is 0.282. The molecule has 0 spiro atoms. The van der Waals surface area contributed by atoms with Crippen molar-refractivity contribution >= 4 is 5.97 Å². The highest BCUT2D eigenvalue weighted by Crippen LogP contribution is 2.25. The molecule has 0 aliphatic rings. The Balaban J connectivity index is 1.83. The Labute approximate surface area is 188 Å². The van der Waals surface area contributed by atoms with Crippen LogP contribution in [0.5, 0.6) is 0 Å². The number of nitrogens with zero attached hydrogens (tertiary/aromatic N) is 1. The molecule has 0 unspecified atom stereocenters. The largest absolute Gasteiger partial charge is 0.462 e. The van der Waals surface area contributed by atoms with E-state index in [9.17, 15) is 4.79 Å². The Morgan fingerprint density at radius 1 is 1.03 bits per heavy atom. The van der Waals surface area contributed by atoms with Crippen LogP contribution in [0, 0.1) is 6.92 Å². The molecule has 0 bridgehead atoms. The van der Waals surface area contributed by atoms with Crippen molar-refractivity contribution in [2.24, 2.45) is 0 Å². The minimum Gasteiger partial charge on any atom is -0.462 e. The molecular formula is C28H37NO2. The van der Waals surface area contributed by atoms with Gasteiger partial charge in [0, 0.05) is 12.1 Å². The number of likely N-dealkylation sites (N-methyl/N-ethyl adjacent to an activating group) is 1. The highest BCUT2D eigenvalue weighted by Gasteiger charge is 2.11. The first-order chi connectivity index (χ1) is 15.0. The topological polar surface area (TPSA) is 29.5 Å². The molecule has 2 rings (SSSR count). The number of aryl methyl sites for hydroxylation is 3. The number of hydrogen-bond donors (Lipinski definition) is 0. The predicted molar refractivity (Wildman–Crippen MR) is 131 cm³/mol. The van der Waals surface area contributed by atoms with Crippen molar-refractivity contribution in [3.8, 4) is 11.1 Å². The van der Waals surface area contributed by atoms with E-state index in [1.807, 2.05) is 6.08 Å². The summed E-state index contributed by atoms with van der Waals surface area (Å²) in [7, 11) is 0. The van der Waals surface area contributed by atoms with E-state index in [4.69, 9.17) is 4.74 Å². The third kappa shape index (κ3) is 7.84. The van der Waals surface area contributed by atoms with Gasteiger partial charge in [-0.05, 0) is 73.5 Å². The standard InChI is InChI=1S/C28H37NO2/c1-6-9-11-24-13-16-26(17-14-24)27-18-15-25(20-22(27)4)12-10-19-31-28(30)23(5)21-29(7-2)8-3/h6,13-18,20H,1,5,7-12,19,21H2,2-4H3. The van der Waals surface area contributed by atoms with Crippen molar-refractivity contribution in [3.63, 3.8) is 0 Å². The van der Waals surface area contributed by atoms with Crippen molar-refractivity contribution in [1.29, 1.82) is 0 Å². The molecule has 31 heavy (non-hydrogen) atoms. The second-order valence-electron chi connectivity index (χ2n) is 7.98. The molecule has 3 heteroatoms. The summed E-state index contributed by atoms with van der Waals surface area (Å²) in [6, 6.07) is 15.4. The molecule has 0 aliphatic carbocycles. The van der Waals surface area contributed by atoms with Crippen LogP contribution < -0.4 is 0 Å². The maximum atomic E-state index is 12.1. The van der Waals surface area contributed by atoms with Gasteiger partial charge < -0.3 is 4.74 Å². The summed E-state index contributed by atoms with van der Waals surface area (Å²) in [5.74, 6) is -0.282. The maximum Gasteiger partial charge on any atom is 0.334 e. The fraction of sp³-hybridized carbons (Fsp3) is 0.393. The van der Waals surface area contributed by atoms with E-state index in [0.717, 1.165) is 38.8 Å². The zero-order valence-electron chi connectivity index (χ0n) is 19.5. The number of ether oxygens (including phenoxy) is 1. The molecule has 166 valence electrons. The molecule has 2 aromatic carbocycles. The summed E-state index contributed by atoms with van der Waals surface area (Å²) < 4.78 is 5.41. The van der Waals surface area contributed by atoms with Crippen LogP contribution in [0.4, 0.5) is 0 Å². The van der Waals surface area contributed by atoms with Crippen LogP contribution in [0.25, 0.3) is 11.1 Å². The lowest BCUT2D eigenvalue weighted by atomic mass is 9.96. The first-order valence-corrected chi connectivity index (χ1v) is 11.3. The average Bonchev–Trinajstić information content (AvgIpc) is 2.79. The maximum absolute atomic E-state index is 12.1. The Morgan fingerprint density at radius 3 is 2.32 bits per heavy atom. The van der Waals surface area contributed by atoms with Crippen molar-refractivity contribution < 1.29 is 9.53 Å². The Bertz CT molecular complexity index is 863. The zero-order chi connectivity index (χ0) is 22.6. The van der Waals surface area contributed by atoms with E-state index in [1.54, 1.807) is 0 Å². The van der Waals surface area contributed by atoms with Gasteiger partial charge in [-0.15, -0.1) is 6.58 Å². The SMILES string of the molecule is C=CCCc1ccc(-c2ccc(CCCOC(=O)C(=C)CN(CC)CC)cc2C)cc1. The monoisotopic (exact) mass is 419 g/mol. The average molecular weight is 420 g/mol. The summed E-state index contributed by atoms with van der Waals surface area (Å²) in [4.78, 5) is 14.3. The van der Waals surface area contributed by atoms with Gasteiger partial charge in [-0.3, -0.25) is 4.90 Å². The van der Waals surface area contributed by atoms with Gasteiger partial charge in [0.15, 0.2) is 0 Å². The quantitative estimate of drug-likeness (QED) is 0.169. The van der Waals surface area contributed by atoms with Crippen molar-refractivity contribution in [3.05, 3.63) is 84.0 Å². The molecule has 2 aromatic rings. The molecule has 0 aliphatic heterocycles. The van der Waals surface area contributed by atoms with Crippen LogP contribution in [0.2, 0.25) is 0 Å². The lowest BCUT2D eigenvalue weighted by Gasteiger charge is -2.18. The van der Waals surface area contributed by atoms with Crippen molar-refractivity contribution in [2.45, 2.75) is 46.5 Å². The van der Waals surface area contributed by atoms with E-state index in [2.05, 4.69) is 81.3 Å². The van der Waals surface area contributed by atoms with Crippen LogP contribution in [0.15, 0.2) is 67.3 Å². The number of carbonyl (C=O) groups is 1. The summed E-state index contributed by atoms with van der Waals surface area (Å²) in [6.45, 7) is 16.8. The third-order valence-electron chi connectivity index (χ3n) is 5.63. The van der Waals surface area contributed by atoms with Gasteiger partial charge in [0.25, 0.3) is 0 Å². The number of esters is 1. The Morgan fingerprint density at radius 2 is 1.71 bits per heavy atom. The number of hydrogen-bond acceptors (Lipinski definition) is 3. The first kappa shape index (κ1) is 24.6. The van der Waals surface area contributed by atoms with Crippen LogP contribution in [-0.2, 0) is 22.4 Å². The van der Waals surface area contributed by atoms with Gasteiger partial charge >= 0.3 is 5.97 Å². The van der Waals surface area contributed by atoms with E-state index in [-0.39, 0.29) is 5.97 Å². The smallest absolute Gasteiger partial charge is 0.334 e. The van der Waals surface area contributed by atoms with E-state index in [1.165, 1.54) is 27.8 Å². The molecule has 0 saturated carbocycles. The van der Waals surface area contributed by atoms with Crippen LogP contribution >= 0.6 is 0 Å². The number of allylic oxidation sites excluding steroid dienone is 1. The Kier molecular flexibility index (Phi) is 10.3. The summed E-state index contributed by atoms with van der Waals surface area (Å²) in [6.07, 6.45) is 5.69. The summed E-state index contributed by atoms with van der Waals surface area (Å²) in [5, 5.41) is 0. The predicted octanol–water partition coefficient (Wildman–Crippen LogP) is 6.15. The van der Waals surface area contributed by atoms with Crippen LogP contribution in [-0.4, -0.2) is 37.1 Å². The summed E-state index contributed by atoms with van der Waals surface area (Å²) in [5.41, 5.74) is 6.90. The molecule has 0 aromatic heterocycles. The lowest BCUT2D eigenvalue weighted by Crippen LogP contribution is -2.28. The number of carbonyl (C=O) groups excluding carboxylic acids is 1. The molecule has 3 nitrogen and oxygen atoms in total. The fourth-order valence-corrected chi connectivity index (χ4v) is 3.65. The van der Waals surface area contributed by atoms with Crippen LogP contribution in [0.1, 0.15) is 43.4 Å². The van der Waals surface area contributed by atoms with Gasteiger partial charge in [-0.1, -0.05) is 69.0 Å². The molecule has 0 heterocycles. The second-order valence-corrected chi connectivity index (χ2v) is 7.98. The minimum atomic E-state index is -0.282.